The lowest BCUT2D eigenvalue weighted by Crippen LogP contribution is -2.15. The van der Waals surface area contributed by atoms with Crippen LogP contribution in [0.1, 0.15) is 0 Å². The van der Waals surface area contributed by atoms with E-state index in [1.807, 2.05) is 146 Å². The molecule has 4 heterocycles. The average Bonchev–Trinajstić information content (AvgIpc) is 1.33. The second kappa shape index (κ2) is 26.1. The summed E-state index contributed by atoms with van der Waals surface area (Å²) in [5, 5.41) is 0. The van der Waals surface area contributed by atoms with E-state index in [0.29, 0.717) is 0 Å². The second-order valence-corrected chi connectivity index (χ2v) is 24.4. The number of benzene rings is 14. The Morgan fingerprint density at radius 1 is 0.173 bits per heavy atom. The predicted octanol–water partition coefficient (Wildman–Crippen LogP) is 22.8. The molecule has 0 spiro atoms. The molecule has 4 aromatic heterocycles. The van der Waals surface area contributed by atoms with Gasteiger partial charge in [-0.25, -0.2) is 19.9 Å². The van der Waals surface area contributed by atoms with Crippen molar-refractivity contribution in [1.29, 1.82) is 0 Å². The molecule has 464 valence electrons. The highest BCUT2D eigenvalue weighted by Crippen LogP contribution is 2.51. The SMILES string of the molecule is c1ccc(N(c2ccccc2)c2c3nsnc3c(N(c3ccccc3)c3ccccc3)c3nc4ccccc4nc23)cc1.c1ccc(N(c2ccccc2)c2ccc(-c3c4nsnc4c(-c4ccc(N(c5ccccc5)c5ccccc5)cc4)c4nc5ccccc5nc34)cc2)cc1. The summed E-state index contributed by atoms with van der Waals surface area (Å²) in [5.41, 5.74) is 25.5. The molecule has 18 aromatic rings. The third-order valence-electron chi connectivity index (χ3n) is 17.4. The molecule has 0 N–H and O–H groups in total. The zero-order chi connectivity index (χ0) is 65.1. The summed E-state index contributed by atoms with van der Waals surface area (Å²) in [4.78, 5) is 30.2. The lowest BCUT2D eigenvalue weighted by Gasteiger charge is -2.30. The fraction of sp³-hybridized carbons (Fsp3) is 0. The van der Waals surface area contributed by atoms with Gasteiger partial charge in [0.25, 0.3) is 0 Å². The van der Waals surface area contributed by atoms with Gasteiger partial charge >= 0.3 is 0 Å². The van der Waals surface area contributed by atoms with Crippen LogP contribution in [0.15, 0.2) is 340 Å². The van der Waals surface area contributed by atoms with E-state index in [1.165, 1.54) is 23.5 Å². The van der Waals surface area contributed by atoms with Gasteiger partial charge in [-0.05, 0) is 157 Å². The monoisotopic (exact) mass is 1300 g/mol. The Bertz CT molecular complexity index is 5290. The van der Waals surface area contributed by atoms with Gasteiger partial charge in [-0.3, -0.25) is 0 Å². The summed E-state index contributed by atoms with van der Waals surface area (Å²) in [7, 11) is 0. The Kier molecular flexibility index (Phi) is 15.7. The highest BCUT2D eigenvalue weighted by Gasteiger charge is 2.31. The molecule has 0 saturated carbocycles. The van der Waals surface area contributed by atoms with Gasteiger partial charge in [0.05, 0.1) is 45.5 Å². The van der Waals surface area contributed by atoms with E-state index in [2.05, 4.69) is 214 Å². The van der Waals surface area contributed by atoms with Crippen molar-refractivity contribution >= 4 is 158 Å². The lowest BCUT2D eigenvalue weighted by molar-refractivity contribution is 1.26. The zero-order valence-corrected chi connectivity index (χ0v) is 54.1. The lowest BCUT2D eigenvalue weighted by atomic mass is 9.94. The van der Waals surface area contributed by atoms with Crippen LogP contribution in [0, 0.1) is 0 Å². The zero-order valence-electron chi connectivity index (χ0n) is 52.5. The maximum absolute atomic E-state index is 5.32. The molecule has 0 fully saturated rings. The number of hydrogen-bond donors (Lipinski definition) is 0. The molecule has 14 aromatic carbocycles. The van der Waals surface area contributed by atoms with Gasteiger partial charge in [-0.1, -0.05) is 194 Å². The van der Waals surface area contributed by atoms with Crippen LogP contribution in [0.2, 0.25) is 0 Å². The van der Waals surface area contributed by atoms with Crippen molar-refractivity contribution in [3.05, 3.63) is 340 Å². The van der Waals surface area contributed by atoms with Crippen molar-refractivity contribution in [2.24, 2.45) is 0 Å². The van der Waals surface area contributed by atoms with E-state index in [1.54, 1.807) is 0 Å². The molecule has 12 nitrogen and oxygen atoms in total. The standard InChI is InChI=1S/C48H32N6S.C36H24N6S/c1-5-15-35(16-6-1)53(36-17-7-2-8-18-36)39-29-25-33(26-30-39)43-45-46(50-42-24-14-13-23-41(42)49-45)44(48-47(43)51-55-52-48)34-27-31-40(32-28-34)54(37-19-9-3-10-20-37)38-21-11-4-12-22-38;1-5-15-25(16-6-1)41(26-17-7-2-8-18-26)35-31-32(38-30-24-14-13-23-29(30)37-31)36(34-33(35)39-43-40-34)42(27-19-9-3-10-20-27)28-21-11-4-12-22-28/h1-32H;1-24H. The molecule has 0 saturated heterocycles. The van der Waals surface area contributed by atoms with Crippen LogP contribution in [0.25, 0.3) is 88.5 Å². The van der Waals surface area contributed by atoms with Gasteiger partial charge in [0, 0.05) is 68.0 Å². The Hall–Kier alpha value is -12.9. The van der Waals surface area contributed by atoms with Gasteiger partial charge in [-0.2, -0.15) is 17.5 Å². The summed E-state index contributed by atoms with van der Waals surface area (Å²) in [6.45, 7) is 0. The molecule has 0 aliphatic heterocycles. The Balaban J connectivity index is 0.000000152. The first kappa shape index (κ1) is 58.9. The van der Waals surface area contributed by atoms with Crippen LogP contribution in [0.3, 0.4) is 0 Å². The Morgan fingerprint density at radius 3 is 0.633 bits per heavy atom. The minimum Gasteiger partial charge on any atom is -0.311 e. The van der Waals surface area contributed by atoms with Crippen LogP contribution in [0.4, 0.5) is 68.2 Å². The predicted molar refractivity (Wildman–Crippen MR) is 406 cm³/mol. The van der Waals surface area contributed by atoms with E-state index < -0.39 is 0 Å². The minimum absolute atomic E-state index is 0.749. The van der Waals surface area contributed by atoms with Gasteiger partial charge in [0.1, 0.15) is 55.5 Å². The van der Waals surface area contributed by atoms with Crippen LogP contribution in [-0.4, -0.2) is 37.4 Å². The van der Waals surface area contributed by atoms with Crippen molar-refractivity contribution in [1.82, 2.24) is 37.4 Å². The topological polar surface area (TPSA) is 116 Å². The number of anilines is 12. The Morgan fingerprint density at radius 2 is 0.378 bits per heavy atom. The molecule has 0 bridgehead atoms. The van der Waals surface area contributed by atoms with Crippen molar-refractivity contribution in [3.8, 4) is 22.3 Å². The fourth-order valence-corrected chi connectivity index (χ4v) is 14.1. The van der Waals surface area contributed by atoms with Gasteiger partial charge < -0.3 is 19.6 Å². The van der Waals surface area contributed by atoms with E-state index in [9.17, 15) is 0 Å². The first-order valence-electron chi connectivity index (χ1n) is 32.2. The van der Waals surface area contributed by atoms with Gasteiger partial charge in [0.15, 0.2) is 0 Å². The van der Waals surface area contributed by atoms with Gasteiger partial charge in [0.2, 0.25) is 0 Å². The third-order valence-corrected chi connectivity index (χ3v) is 18.4. The largest absolute Gasteiger partial charge is 0.311 e. The molecule has 18 rings (SSSR count). The molecule has 0 aliphatic carbocycles. The maximum atomic E-state index is 5.32. The van der Waals surface area contributed by atoms with E-state index in [-0.39, 0.29) is 0 Å². The van der Waals surface area contributed by atoms with Crippen molar-refractivity contribution in [3.63, 3.8) is 0 Å². The maximum Gasteiger partial charge on any atom is 0.133 e. The number of hydrogen-bond acceptors (Lipinski definition) is 14. The Labute approximate surface area is 573 Å². The van der Waals surface area contributed by atoms with Crippen molar-refractivity contribution in [2.75, 3.05) is 19.6 Å². The summed E-state index contributed by atoms with van der Waals surface area (Å²) in [6.07, 6.45) is 0. The molecule has 14 heteroatoms. The number of aromatic nitrogens is 8. The first-order chi connectivity index (χ1) is 48.7. The van der Waals surface area contributed by atoms with Gasteiger partial charge in [-0.15, -0.1) is 0 Å². The summed E-state index contributed by atoms with van der Waals surface area (Å²) >= 11 is 2.42. The number of nitrogens with zero attached hydrogens (tertiary/aromatic N) is 12. The number of rotatable bonds is 14. The van der Waals surface area contributed by atoms with Crippen molar-refractivity contribution in [2.45, 2.75) is 0 Å². The number of para-hydroxylation sites is 12. The highest BCUT2D eigenvalue weighted by molar-refractivity contribution is 7.00. The highest BCUT2D eigenvalue weighted by atomic mass is 32.1. The van der Waals surface area contributed by atoms with E-state index in [4.69, 9.17) is 37.4 Å². The molecule has 98 heavy (non-hydrogen) atoms. The quantitative estimate of drug-likeness (QED) is 0.0762. The fourth-order valence-electron chi connectivity index (χ4n) is 13.0. The molecular formula is C84H56N12S2. The summed E-state index contributed by atoms with van der Waals surface area (Å²) in [5.74, 6) is 0. The van der Waals surface area contributed by atoms with Crippen molar-refractivity contribution < 1.29 is 0 Å². The molecule has 0 atom stereocenters. The molecule has 0 amide bonds. The molecule has 0 radical (unpaired) electrons. The van der Waals surface area contributed by atoms with Crippen LogP contribution in [0.5, 0.6) is 0 Å². The summed E-state index contributed by atoms with van der Waals surface area (Å²) in [6, 6.07) is 116. The van der Waals surface area contributed by atoms with Crippen LogP contribution < -0.4 is 19.6 Å². The van der Waals surface area contributed by atoms with E-state index in [0.717, 1.165) is 157 Å². The smallest absolute Gasteiger partial charge is 0.133 e. The average molecular weight is 1300 g/mol. The molecule has 0 unspecified atom stereocenters. The third kappa shape index (κ3) is 11.1. The normalized spacial score (nSPS) is 11.3. The number of fused-ring (bicyclic) bond motifs is 6. The summed E-state index contributed by atoms with van der Waals surface area (Å²) < 4.78 is 19.8. The van der Waals surface area contributed by atoms with Crippen LogP contribution in [-0.2, 0) is 0 Å². The minimum atomic E-state index is 0.749. The van der Waals surface area contributed by atoms with E-state index >= 15 is 0 Å². The molecule has 0 aliphatic rings. The molecular weight excluding hydrogens is 1240 g/mol. The second-order valence-electron chi connectivity index (χ2n) is 23.3. The van der Waals surface area contributed by atoms with Crippen LogP contribution >= 0.6 is 23.5 Å². The first-order valence-corrected chi connectivity index (χ1v) is 33.6.